The molecule has 0 N–H and O–H groups in total. The van der Waals surface area contributed by atoms with Crippen molar-refractivity contribution in [3.8, 4) is 5.75 Å². The first-order chi connectivity index (χ1) is 10.4. The summed E-state index contributed by atoms with van der Waals surface area (Å²) in [5.41, 5.74) is 0.169. The van der Waals surface area contributed by atoms with Gasteiger partial charge in [0.2, 0.25) is 5.78 Å². The SMILES string of the molecule is CCN1C(=O)C(C)(C)Oc2ccc(C(=O)c3ccco3)cc21. The first kappa shape index (κ1) is 14.4. The quantitative estimate of drug-likeness (QED) is 0.817. The predicted octanol–water partition coefficient (Wildman–Crippen LogP) is 3.03. The Hall–Kier alpha value is -2.56. The fourth-order valence-corrected chi connectivity index (χ4v) is 2.57. The van der Waals surface area contributed by atoms with E-state index in [-0.39, 0.29) is 17.5 Å². The number of hydrogen-bond acceptors (Lipinski definition) is 4. The molecule has 1 aliphatic heterocycles. The van der Waals surface area contributed by atoms with Crippen LogP contribution in [0.1, 0.15) is 36.9 Å². The van der Waals surface area contributed by atoms with Crippen LogP contribution in [0.25, 0.3) is 0 Å². The summed E-state index contributed by atoms with van der Waals surface area (Å²) in [6.07, 6.45) is 1.46. The molecule has 0 saturated heterocycles. The lowest BCUT2D eigenvalue weighted by Crippen LogP contribution is -2.52. The number of ether oxygens (including phenoxy) is 1. The summed E-state index contributed by atoms with van der Waals surface area (Å²) in [6.45, 7) is 5.88. The average molecular weight is 299 g/mol. The van der Waals surface area contributed by atoms with Crippen LogP contribution in [-0.4, -0.2) is 23.8 Å². The molecule has 0 fully saturated rings. The lowest BCUT2D eigenvalue weighted by Gasteiger charge is -2.38. The summed E-state index contributed by atoms with van der Waals surface area (Å²) < 4.78 is 10.9. The van der Waals surface area contributed by atoms with Gasteiger partial charge in [-0.25, -0.2) is 0 Å². The summed E-state index contributed by atoms with van der Waals surface area (Å²) in [5, 5.41) is 0. The third-order valence-corrected chi connectivity index (χ3v) is 3.70. The standard InChI is InChI=1S/C17H17NO4/c1-4-18-12-10-11(15(19)14-6-5-9-21-14)7-8-13(12)22-17(2,3)16(18)20/h5-10H,4H2,1-3H3. The Morgan fingerprint density at radius 2 is 2.05 bits per heavy atom. The van der Waals surface area contributed by atoms with E-state index in [0.717, 1.165) is 0 Å². The highest BCUT2D eigenvalue weighted by Crippen LogP contribution is 2.38. The van der Waals surface area contributed by atoms with Crippen molar-refractivity contribution in [1.29, 1.82) is 0 Å². The molecule has 1 aromatic heterocycles. The van der Waals surface area contributed by atoms with Crippen molar-refractivity contribution in [2.24, 2.45) is 0 Å². The Morgan fingerprint density at radius 3 is 2.68 bits per heavy atom. The van der Waals surface area contributed by atoms with Crippen LogP contribution in [0, 0.1) is 0 Å². The minimum absolute atomic E-state index is 0.120. The van der Waals surface area contributed by atoms with E-state index in [4.69, 9.17) is 9.15 Å². The predicted molar refractivity (Wildman–Crippen MR) is 81.3 cm³/mol. The minimum Gasteiger partial charge on any atom is -0.476 e. The number of fused-ring (bicyclic) bond motifs is 1. The van der Waals surface area contributed by atoms with Crippen LogP contribution in [0.3, 0.4) is 0 Å². The van der Waals surface area contributed by atoms with Gasteiger partial charge in [0.05, 0.1) is 12.0 Å². The van der Waals surface area contributed by atoms with E-state index in [1.54, 1.807) is 49.1 Å². The van der Waals surface area contributed by atoms with Crippen molar-refractivity contribution in [2.75, 3.05) is 11.4 Å². The summed E-state index contributed by atoms with van der Waals surface area (Å²) in [5.74, 6) is 0.528. The number of furan rings is 1. The number of benzene rings is 1. The molecule has 3 rings (SSSR count). The van der Waals surface area contributed by atoms with Crippen LogP contribution in [0.5, 0.6) is 5.75 Å². The molecule has 5 nitrogen and oxygen atoms in total. The van der Waals surface area contributed by atoms with Crippen molar-refractivity contribution in [2.45, 2.75) is 26.4 Å². The summed E-state index contributed by atoms with van der Waals surface area (Å²) >= 11 is 0. The van der Waals surface area contributed by atoms with Gasteiger partial charge in [0.15, 0.2) is 11.4 Å². The van der Waals surface area contributed by atoms with Crippen molar-refractivity contribution in [3.05, 3.63) is 47.9 Å². The highest BCUT2D eigenvalue weighted by molar-refractivity contribution is 6.09. The topological polar surface area (TPSA) is 59.8 Å². The van der Waals surface area contributed by atoms with Crippen molar-refractivity contribution < 1.29 is 18.7 Å². The molecule has 0 saturated carbocycles. The first-order valence-corrected chi connectivity index (χ1v) is 7.17. The van der Waals surface area contributed by atoms with Crippen molar-refractivity contribution in [3.63, 3.8) is 0 Å². The number of anilines is 1. The number of ketones is 1. The second kappa shape index (κ2) is 5.02. The Balaban J connectivity index is 2.05. The van der Waals surface area contributed by atoms with Gasteiger partial charge in [-0.15, -0.1) is 0 Å². The number of nitrogens with zero attached hydrogens (tertiary/aromatic N) is 1. The Labute approximate surface area is 128 Å². The second-order valence-electron chi connectivity index (χ2n) is 5.65. The van der Waals surface area contributed by atoms with E-state index < -0.39 is 5.60 Å². The number of carbonyl (C=O) groups is 2. The molecule has 1 amide bonds. The molecule has 0 atom stereocenters. The van der Waals surface area contributed by atoms with Gasteiger partial charge in [0.1, 0.15) is 5.75 Å². The average Bonchev–Trinajstić information content (AvgIpc) is 3.01. The van der Waals surface area contributed by atoms with Crippen LogP contribution >= 0.6 is 0 Å². The molecule has 2 aromatic rings. The highest BCUT2D eigenvalue weighted by Gasteiger charge is 2.40. The Bertz CT molecular complexity index is 731. The van der Waals surface area contributed by atoms with Crippen molar-refractivity contribution in [1.82, 2.24) is 0 Å². The zero-order chi connectivity index (χ0) is 15.9. The zero-order valence-corrected chi connectivity index (χ0v) is 12.8. The minimum atomic E-state index is -0.907. The van der Waals surface area contributed by atoms with E-state index in [1.165, 1.54) is 6.26 Å². The van der Waals surface area contributed by atoms with Crippen LogP contribution in [0.4, 0.5) is 5.69 Å². The maximum absolute atomic E-state index is 12.4. The van der Waals surface area contributed by atoms with E-state index in [2.05, 4.69) is 0 Å². The molecule has 2 heterocycles. The van der Waals surface area contributed by atoms with Gasteiger partial charge in [0, 0.05) is 12.1 Å². The Morgan fingerprint density at radius 1 is 1.27 bits per heavy atom. The smallest absolute Gasteiger partial charge is 0.270 e. The summed E-state index contributed by atoms with van der Waals surface area (Å²) in [4.78, 5) is 26.4. The molecular formula is C17H17NO4. The highest BCUT2D eigenvalue weighted by atomic mass is 16.5. The zero-order valence-electron chi connectivity index (χ0n) is 12.8. The maximum Gasteiger partial charge on any atom is 0.270 e. The van der Waals surface area contributed by atoms with Gasteiger partial charge in [-0.2, -0.15) is 0 Å². The molecule has 0 spiro atoms. The largest absolute Gasteiger partial charge is 0.476 e. The van der Waals surface area contributed by atoms with E-state index >= 15 is 0 Å². The number of hydrogen-bond donors (Lipinski definition) is 0. The van der Waals surface area contributed by atoms with Gasteiger partial charge < -0.3 is 14.1 Å². The van der Waals surface area contributed by atoms with Gasteiger partial charge >= 0.3 is 0 Å². The van der Waals surface area contributed by atoms with Crippen molar-refractivity contribution >= 4 is 17.4 Å². The molecule has 0 unspecified atom stereocenters. The summed E-state index contributed by atoms with van der Waals surface area (Å²) in [6, 6.07) is 8.37. The molecule has 0 bridgehead atoms. The lowest BCUT2D eigenvalue weighted by molar-refractivity contribution is -0.132. The molecule has 114 valence electrons. The molecule has 5 heteroatoms. The third-order valence-electron chi connectivity index (χ3n) is 3.70. The van der Waals surface area contributed by atoms with Crippen LogP contribution in [0.15, 0.2) is 41.0 Å². The lowest BCUT2D eigenvalue weighted by atomic mass is 10.0. The molecular weight excluding hydrogens is 282 g/mol. The van der Waals surface area contributed by atoms with Crippen LogP contribution in [0.2, 0.25) is 0 Å². The van der Waals surface area contributed by atoms with Crippen LogP contribution < -0.4 is 9.64 Å². The molecule has 1 aliphatic rings. The number of rotatable bonds is 3. The maximum atomic E-state index is 12.4. The van der Waals surface area contributed by atoms with E-state index in [1.807, 2.05) is 6.92 Å². The van der Waals surface area contributed by atoms with Gasteiger partial charge in [-0.1, -0.05) is 0 Å². The summed E-state index contributed by atoms with van der Waals surface area (Å²) in [7, 11) is 0. The number of likely N-dealkylation sites (N-methyl/N-ethyl adjacent to an activating group) is 1. The normalized spacial score (nSPS) is 16.1. The van der Waals surface area contributed by atoms with E-state index in [0.29, 0.717) is 23.5 Å². The van der Waals surface area contributed by atoms with Gasteiger partial charge in [0.25, 0.3) is 5.91 Å². The molecule has 22 heavy (non-hydrogen) atoms. The first-order valence-electron chi connectivity index (χ1n) is 7.17. The second-order valence-corrected chi connectivity index (χ2v) is 5.65. The fraction of sp³-hybridized carbons (Fsp3) is 0.294. The number of amides is 1. The number of carbonyl (C=O) groups excluding carboxylic acids is 2. The van der Waals surface area contributed by atoms with Gasteiger partial charge in [-0.05, 0) is 51.1 Å². The van der Waals surface area contributed by atoms with Gasteiger partial charge in [-0.3, -0.25) is 9.59 Å². The monoisotopic (exact) mass is 299 g/mol. The molecule has 0 aliphatic carbocycles. The molecule has 1 aromatic carbocycles. The molecule has 0 radical (unpaired) electrons. The third kappa shape index (κ3) is 2.19. The van der Waals surface area contributed by atoms with E-state index in [9.17, 15) is 9.59 Å². The van der Waals surface area contributed by atoms with Crippen LogP contribution in [-0.2, 0) is 4.79 Å². The Kier molecular flexibility index (Phi) is 3.28. The fourth-order valence-electron chi connectivity index (χ4n) is 2.57.